The fraction of sp³-hybridized carbons (Fsp3) is 0.0256. The van der Waals surface area contributed by atoms with E-state index in [0.717, 1.165) is 17.8 Å². The maximum atomic E-state index is 6.61. The minimum atomic E-state index is 0.759. The summed E-state index contributed by atoms with van der Waals surface area (Å²) < 4.78 is 6.61. The Morgan fingerprint density at radius 3 is 1.73 bits per heavy atom. The monoisotopic (exact) mass is 510 g/mol. The van der Waals surface area contributed by atoms with Crippen LogP contribution in [0.3, 0.4) is 0 Å². The molecule has 0 saturated carbocycles. The van der Waals surface area contributed by atoms with Crippen molar-refractivity contribution in [2.75, 3.05) is 0 Å². The van der Waals surface area contributed by atoms with E-state index < -0.39 is 0 Å². The molecule has 1 aromatic heterocycles. The second kappa shape index (κ2) is 9.25. The molecule has 0 bridgehead atoms. The van der Waals surface area contributed by atoms with E-state index in [-0.39, 0.29) is 0 Å². The average Bonchev–Trinajstić information content (AvgIpc) is 3.24. The zero-order valence-corrected chi connectivity index (χ0v) is 22.0. The highest BCUT2D eigenvalue weighted by molar-refractivity contribution is 6.23. The number of fused-ring (bicyclic) bond motifs is 5. The number of hydrogen-bond acceptors (Lipinski definition) is 1. The van der Waals surface area contributed by atoms with Crippen LogP contribution in [0, 0.1) is 0 Å². The Balaban J connectivity index is 1.42. The van der Waals surface area contributed by atoms with Gasteiger partial charge in [-0.25, -0.2) is 0 Å². The number of rotatable bonds is 3. The number of hydrogen-bond donors (Lipinski definition) is 0. The molecule has 8 rings (SSSR count). The lowest BCUT2D eigenvalue weighted by atomic mass is 9.84. The van der Waals surface area contributed by atoms with E-state index >= 15 is 0 Å². The van der Waals surface area contributed by atoms with Crippen LogP contribution < -0.4 is 0 Å². The summed E-state index contributed by atoms with van der Waals surface area (Å²) in [6, 6.07) is 45.5. The van der Waals surface area contributed by atoms with Gasteiger partial charge in [0.05, 0.1) is 0 Å². The minimum absolute atomic E-state index is 0.759. The maximum Gasteiger partial charge on any atom is 0.135 e. The molecule has 0 spiro atoms. The lowest BCUT2D eigenvalue weighted by Crippen LogP contribution is -1.92. The van der Waals surface area contributed by atoms with Crippen molar-refractivity contribution in [1.82, 2.24) is 0 Å². The summed E-state index contributed by atoms with van der Waals surface area (Å²) in [4.78, 5) is 0. The third-order valence-electron chi connectivity index (χ3n) is 8.15. The van der Waals surface area contributed by atoms with Gasteiger partial charge in [0, 0.05) is 17.4 Å². The first kappa shape index (κ1) is 22.8. The first-order chi connectivity index (χ1) is 19.9. The van der Waals surface area contributed by atoms with Crippen LogP contribution in [0.4, 0.5) is 0 Å². The van der Waals surface area contributed by atoms with Crippen molar-refractivity contribution < 1.29 is 4.42 Å². The largest absolute Gasteiger partial charge is 0.460 e. The quantitative estimate of drug-likeness (QED) is 0.215. The molecule has 40 heavy (non-hydrogen) atoms. The molecule has 0 saturated heterocycles. The van der Waals surface area contributed by atoms with Crippen LogP contribution >= 0.6 is 0 Å². The zero-order chi connectivity index (χ0) is 26.5. The summed E-state index contributed by atoms with van der Waals surface area (Å²) in [6.07, 6.45) is 7.38. The summed E-state index contributed by atoms with van der Waals surface area (Å²) in [7, 11) is 0. The topological polar surface area (TPSA) is 13.1 Å². The van der Waals surface area contributed by atoms with Gasteiger partial charge in [0.1, 0.15) is 11.3 Å². The zero-order valence-electron chi connectivity index (χ0n) is 22.0. The molecule has 0 amide bonds. The minimum Gasteiger partial charge on any atom is -0.460 e. The Hall–Kier alpha value is -5.14. The van der Waals surface area contributed by atoms with Gasteiger partial charge in [-0.1, -0.05) is 140 Å². The first-order valence-corrected chi connectivity index (χ1v) is 13.8. The average molecular weight is 511 g/mol. The van der Waals surface area contributed by atoms with E-state index in [2.05, 4.69) is 146 Å². The van der Waals surface area contributed by atoms with Gasteiger partial charge in [-0.05, 0) is 61.0 Å². The van der Waals surface area contributed by atoms with Crippen molar-refractivity contribution in [2.24, 2.45) is 0 Å². The third-order valence-corrected chi connectivity index (χ3v) is 8.15. The van der Waals surface area contributed by atoms with Crippen LogP contribution in [0.1, 0.15) is 16.9 Å². The maximum absolute atomic E-state index is 6.61. The molecule has 0 atom stereocenters. The summed E-state index contributed by atoms with van der Waals surface area (Å²) in [5.74, 6) is 1.01. The normalized spacial score (nSPS) is 12.9. The van der Waals surface area contributed by atoms with Crippen LogP contribution in [0.25, 0.3) is 66.4 Å². The highest BCUT2D eigenvalue weighted by Crippen LogP contribution is 2.47. The molecule has 7 aromatic rings. The van der Waals surface area contributed by atoms with Gasteiger partial charge in [-0.3, -0.25) is 0 Å². The fourth-order valence-corrected chi connectivity index (χ4v) is 6.41. The van der Waals surface area contributed by atoms with E-state index in [4.69, 9.17) is 4.42 Å². The standard InChI is InChI=1S/C39H26O/c1-3-13-26(14-4-1)28-17-11-22-33-36(25-28)40-35-24-12-23-34(39(33)35)38-31-20-9-7-18-29(31)37(27-15-5-2-6-16-27)30-19-8-10-21-32(30)38/h1-24H,25H2. The van der Waals surface area contributed by atoms with Gasteiger partial charge in [-0.15, -0.1) is 0 Å². The predicted octanol–water partition coefficient (Wildman–Crippen LogP) is 10.7. The van der Waals surface area contributed by atoms with E-state index in [1.807, 2.05) is 0 Å². The lowest BCUT2D eigenvalue weighted by Gasteiger charge is -2.18. The van der Waals surface area contributed by atoms with Crippen LogP contribution in [0.15, 0.2) is 144 Å². The molecule has 0 radical (unpaired) electrons. The lowest BCUT2D eigenvalue weighted by molar-refractivity contribution is 0.566. The summed E-state index contributed by atoms with van der Waals surface area (Å²) in [5, 5.41) is 6.21. The summed E-state index contributed by atoms with van der Waals surface area (Å²) in [5.41, 5.74) is 9.59. The van der Waals surface area contributed by atoms with Crippen molar-refractivity contribution in [2.45, 2.75) is 6.42 Å². The summed E-state index contributed by atoms with van der Waals surface area (Å²) in [6.45, 7) is 0. The van der Waals surface area contributed by atoms with Gasteiger partial charge in [0.2, 0.25) is 0 Å². The number of furan rings is 1. The molecule has 1 nitrogen and oxygen atoms in total. The molecular formula is C39H26O. The molecular weight excluding hydrogens is 484 g/mol. The van der Waals surface area contributed by atoms with Crippen LogP contribution in [-0.4, -0.2) is 0 Å². The Labute approximate surface area is 233 Å². The van der Waals surface area contributed by atoms with E-state index in [1.54, 1.807) is 0 Å². The van der Waals surface area contributed by atoms with Gasteiger partial charge >= 0.3 is 0 Å². The highest BCUT2D eigenvalue weighted by Gasteiger charge is 2.22. The molecule has 188 valence electrons. The summed E-state index contributed by atoms with van der Waals surface area (Å²) >= 11 is 0. The second-order valence-electron chi connectivity index (χ2n) is 10.4. The van der Waals surface area contributed by atoms with Crippen LogP contribution in [-0.2, 0) is 6.42 Å². The number of benzene rings is 6. The van der Waals surface area contributed by atoms with Crippen molar-refractivity contribution >= 4 is 44.2 Å². The first-order valence-electron chi connectivity index (χ1n) is 13.8. The molecule has 1 aliphatic carbocycles. The van der Waals surface area contributed by atoms with Gasteiger partial charge in [0.15, 0.2) is 0 Å². The Morgan fingerprint density at radius 2 is 1.07 bits per heavy atom. The molecule has 1 heteroatoms. The van der Waals surface area contributed by atoms with Gasteiger partial charge in [-0.2, -0.15) is 0 Å². The third kappa shape index (κ3) is 3.56. The Kier molecular flexibility index (Phi) is 5.28. The van der Waals surface area contributed by atoms with E-state index in [0.29, 0.717) is 0 Å². The van der Waals surface area contributed by atoms with Crippen molar-refractivity contribution in [3.8, 4) is 22.3 Å². The molecule has 0 unspecified atom stereocenters. The van der Waals surface area contributed by atoms with Crippen molar-refractivity contribution in [3.05, 3.63) is 156 Å². The Morgan fingerprint density at radius 1 is 0.500 bits per heavy atom. The van der Waals surface area contributed by atoms with E-state index in [1.165, 1.54) is 65.9 Å². The van der Waals surface area contributed by atoms with Crippen LogP contribution in [0.2, 0.25) is 0 Å². The Bertz CT molecular complexity index is 2050. The SMILES string of the molecule is C1=Cc2c(oc3cccc(-c4c5ccccc5c(-c5ccccc5)c5ccccc45)c23)CC(c2ccccc2)=C1. The molecule has 0 fully saturated rings. The predicted molar refractivity (Wildman–Crippen MR) is 169 cm³/mol. The van der Waals surface area contributed by atoms with Crippen molar-refractivity contribution in [1.29, 1.82) is 0 Å². The fourth-order valence-electron chi connectivity index (χ4n) is 6.41. The highest BCUT2D eigenvalue weighted by atomic mass is 16.3. The molecule has 0 N–H and O–H groups in total. The van der Waals surface area contributed by atoms with Crippen LogP contribution in [0.5, 0.6) is 0 Å². The van der Waals surface area contributed by atoms with Crippen molar-refractivity contribution in [3.63, 3.8) is 0 Å². The number of allylic oxidation sites excluding steroid dienone is 3. The van der Waals surface area contributed by atoms with E-state index in [9.17, 15) is 0 Å². The van der Waals surface area contributed by atoms with Gasteiger partial charge in [0.25, 0.3) is 0 Å². The molecule has 1 heterocycles. The smallest absolute Gasteiger partial charge is 0.135 e. The second-order valence-corrected chi connectivity index (χ2v) is 10.4. The van der Waals surface area contributed by atoms with Gasteiger partial charge < -0.3 is 4.42 Å². The molecule has 0 aliphatic heterocycles. The molecule has 6 aromatic carbocycles. The molecule has 1 aliphatic rings.